The van der Waals surface area contributed by atoms with Gasteiger partial charge in [-0.3, -0.25) is 0 Å². The highest BCUT2D eigenvalue weighted by Gasteiger charge is 2.16. The second-order valence-corrected chi connectivity index (χ2v) is 5.75. The number of fused-ring (bicyclic) bond motifs is 1. The summed E-state index contributed by atoms with van der Waals surface area (Å²) < 4.78 is 26.8. The number of nitrogens with one attached hydrogen (secondary N) is 1. The highest BCUT2D eigenvalue weighted by Crippen LogP contribution is 2.31. The summed E-state index contributed by atoms with van der Waals surface area (Å²) in [5, 5.41) is 13.9. The average molecular weight is 344 g/mol. The van der Waals surface area contributed by atoms with Crippen molar-refractivity contribution in [1.82, 2.24) is 9.97 Å². The molecule has 2 aromatic carbocycles. The molecule has 0 amide bonds. The molecule has 5 nitrogen and oxygen atoms in total. The number of hydrogen-bond donors (Lipinski definition) is 3. The molecule has 0 saturated heterocycles. The van der Waals surface area contributed by atoms with Gasteiger partial charge in [0.15, 0.2) is 17.5 Å². The number of nitrogens with zero attached hydrogens (tertiary/aromatic N) is 2. The lowest BCUT2D eigenvalue weighted by molar-refractivity contribution is 0.456. The monoisotopic (exact) mass is 344 g/mol. The third-order valence-electron chi connectivity index (χ3n) is 3.94. The number of rotatable bonds is 5. The molecule has 4 N–H and O–H groups in total. The number of halogens is 2. The van der Waals surface area contributed by atoms with Crippen molar-refractivity contribution in [2.24, 2.45) is 5.73 Å². The van der Waals surface area contributed by atoms with Gasteiger partial charge in [-0.15, -0.1) is 0 Å². The summed E-state index contributed by atoms with van der Waals surface area (Å²) in [6, 6.07) is 8.84. The predicted octanol–water partition coefficient (Wildman–Crippen LogP) is 3.43. The summed E-state index contributed by atoms with van der Waals surface area (Å²) in [7, 11) is 0. The number of hydrogen-bond acceptors (Lipinski definition) is 5. The Morgan fingerprint density at radius 3 is 2.64 bits per heavy atom. The van der Waals surface area contributed by atoms with Gasteiger partial charge in [0.2, 0.25) is 0 Å². The molecule has 0 aliphatic rings. The van der Waals surface area contributed by atoms with E-state index in [-0.39, 0.29) is 17.4 Å². The van der Waals surface area contributed by atoms with Crippen LogP contribution in [0.15, 0.2) is 36.4 Å². The number of benzene rings is 2. The molecule has 25 heavy (non-hydrogen) atoms. The fraction of sp³-hybridized carbons (Fsp3) is 0.222. The minimum absolute atomic E-state index is 0.0208. The zero-order chi connectivity index (χ0) is 18.0. The fourth-order valence-corrected chi connectivity index (χ4v) is 2.42. The van der Waals surface area contributed by atoms with Crippen LogP contribution in [0.2, 0.25) is 0 Å². The molecule has 0 spiro atoms. The highest BCUT2D eigenvalue weighted by molar-refractivity contribution is 5.90. The van der Waals surface area contributed by atoms with Crippen LogP contribution in [0.25, 0.3) is 22.3 Å². The van der Waals surface area contributed by atoms with Gasteiger partial charge in [-0.25, -0.2) is 18.7 Å². The smallest absolute Gasteiger partial charge is 0.165 e. The molecular formula is C18H18F2N4O. The van der Waals surface area contributed by atoms with Crippen LogP contribution in [-0.2, 0) is 0 Å². The van der Waals surface area contributed by atoms with Gasteiger partial charge in [0, 0.05) is 24.0 Å². The van der Waals surface area contributed by atoms with E-state index >= 15 is 0 Å². The van der Waals surface area contributed by atoms with Gasteiger partial charge >= 0.3 is 0 Å². The van der Waals surface area contributed by atoms with Crippen molar-refractivity contribution in [2.75, 3.05) is 11.9 Å². The third kappa shape index (κ3) is 3.51. The van der Waals surface area contributed by atoms with E-state index < -0.39 is 17.4 Å². The largest absolute Gasteiger partial charge is 0.507 e. The van der Waals surface area contributed by atoms with Crippen LogP contribution in [0.3, 0.4) is 0 Å². The van der Waals surface area contributed by atoms with E-state index in [9.17, 15) is 13.9 Å². The Hall–Kier alpha value is -2.80. The summed E-state index contributed by atoms with van der Waals surface area (Å²) >= 11 is 0. The van der Waals surface area contributed by atoms with Crippen LogP contribution in [0.1, 0.15) is 13.3 Å². The first kappa shape index (κ1) is 17.0. The normalized spacial score (nSPS) is 12.3. The lowest BCUT2D eigenvalue weighted by atomic mass is 10.1. The summed E-state index contributed by atoms with van der Waals surface area (Å²) in [4.78, 5) is 8.74. The quantitative estimate of drug-likeness (QED) is 0.660. The van der Waals surface area contributed by atoms with Crippen molar-refractivity contribution in [3.8, 4) is 17.1 Å². The zero-order valence-corrected chi connectivity index (χ0v) is 13.6. The number of anilines is 1. The number of phenolic OH excluding ortho intramolecular Hbond substituents is 1. The number of para-hydroxylation sites is 1. The Morgan fingerprint density at radius 1 is 1.16 bits per heavy atom. The van der Waals surface area contributed by atoms with Gasteiger partial charge in [0.05, 0.1) is 11.1 Å². The maximum absolute atomic E-state index is 13.6. The third-order valence-corrected chi connectivity index (χ3v) is 3.94. The van der Waals surface area contributed by atoms with Crippen molar-refractivity contribution < 1.29 is 13.9 Å². The maximum Gasteiger partial charge on any atom is 0.165 e. The minimum atomic E-state index is -1.13. The van der Waals surface area contributed by atoms with Gasteiger partial charge in [0.1, 0.15) is 11.6 Å². The Balaban J connectivity index is 2.12. The molecular weight excluding hydrogens is 326 g/mol. The molecule has 1 heterocycles. The van der Waals surface area contributed by atoms with Crippen LogP contribution in [0, 0.1) is 11.6 Å². The molecule has 0 aliphatic carbocycles. The molecule has 1 atom stereocenters. The average Bonchev–Trinajstić information content (AvgIpc) is 2.62. The first-order chi connectivity index (χ1) is 12.0. The van der Waals surface area contributed by atoms with E-state index in [0.29, 0.717) is 23.9 Å². The lowest BCUT2D eigenvalue weighted by Gasteiger charge is -2.14. The summed E-state index contributed by atoms with van der Waals surface area (Å²) in [6.45, 7) is 2.48. The summed E-state index contributed by atoms with van der Waals surface area (Å²) in [5.74, 6) is -2.01. The second-order valence-electron chi connectivity index (χ2n) is 5.75. The molecule has 130 valence electrons. The van der Waals surface area contributed by atoms with Gasteiger partial charge in [-0.05, 0) is 24.6 Å². The molecule has 0 saturated carbocycles. The second kappa shape index (κ2) is 6.98. The zero-order valence-electron chi connectivity index (χ0n) is 13.6. The van der Waals surface area contributed by atoms with E-state index in [2.05, 4.69) is 15.3 Å². The van der Waals surface area contributed by atoms with Crippen molar-refractivity contribution >= 4 is 16.7 Å². The van der Waals surface area contributed by atoms with Crippen LogP contribution in [0.5, 0.6) is 5.75 Å². The predicted molar refractivity (Wildman–Crippen MR) is 93.3 cm³/mol. The summed E-state index contributed by atoms with van der Waals surface area (Å²) in [5.41, 5.74) is 6.57. The SMILES string of the molecule is CC[C@H](N)CNc1nc(-c2cc(F)c(F)cc2O)nc2ccccc12. The van der Waals surface area contributed by atoms with Crippen LogP contribution >= 0.6 is 0 Å². The van der Waals surface area contributed by atoms with E-state index in [1.807, 2.05) is 25.1 Å². The van der Waals surface area contributed by atoms with E-state index in [1.165, 1.54) is 0 Å². The molecule has 3 aromatic rings. The molecule has 0 bridgehead atoms. The molecule has 1 aromatic heterocycles. The molecule has 0 fully saturated rings. The van der Waals surface area contributed by atoms with Crippen molar-refractivity contribution in [2.45, 2.75) is 19.4 Å². The van der Waals surface area contributed by atoms with Gasteiger partial charge in [-0.2, -0.15) is 0 Å². The number of aromatic hydroxyl groups is 1. The van der Waals surface area contributed by atoms with E-state index in [0.717, 1.165) is 17.9 Å². The highest BCUT2D eigenvalue weighted by atomic mass is 19.2. The molecule has 0 aliphatic heterocycles. The van der Waals surface area contributed by atoms with Gasteiger partial charge in [0.25, 0.3) is 0 Å². The topological polar surface area (TPSA) is 84.1 Å². The first-order valence-corrected chi connectivity index (χ1v) is 7.94. The van der Waals surface area contributed by atoms with Crippen molar-refractivity contribution in [1.29, 1.82) is 0 Å². The van der Waals surface area contributed by atoms with E-state index in [4.69, 9.17) is 5.73 Å². The fourth-order valence-electron chi connectivity index (χ4n) is 2.42. The summed E-state index contributed by atoms with van der Waals surface area (Å²) in [6.07, 6.45) is 0.798. The van der Waals surface area contributed by atoms with Crippen LogP contribution in [-0.4, -0.2) is 27.7 Å². The van der Waals surface area contributed by atoms with E-state index in [1.54, 1.807) is 6.07 Å². The number of nitrogens with two attached hydrogens (primary N) is 1. The van der Waals surface area contributed by atoms with Crippen molar-refractivity contribution in [3.63, 3.8) is 0 Å². The Morgan fingerprint density at radius 2 is 1.88 bits per heavy atom. The standard InChI is InChI=1S/C18H18F2N4O/c1-2-10(21)9-22-17-11-5-3-4-6-15(11)23-18(24-17)12-7-13(19)14(20)8-16(12)25/h3-8,10,25H,2,9,21H2,1H3,(H,22,23,24)/t10-/m0/s1. The number of phenols is 1. The maximum atomic E-state index is 13.6. The van der Waals surface area contributed by atoms with Gasteiger partial charge in [-0.1, -0.05) is 19.1 Å². The lowest BCUT2D eigenvalue weighted by Crippen LogP contribution is -2.28. The first-order valence-electron chi connectivity index (χ1n) is 7.94. The molecule has 3 rings (SSSR count). The van der Waals surface area contributed by atoms with Crippen LogP contribution in [0.4, 0.5) is 14.6 Å². The van der Waals surface area contributed by atoms with Crippen molar-refractivity contribution in [3.05, 3.63) is 48.0 Å². The molecule has 0 unspecified atom stereocenters. The van der Waals surface area contributed by atoms with Crippen LogP contribution < -0.4 is 11.1 Å². The Kier molecular flexibility index (Phi) is 4.76. The Labute approximate surface area is 143 Å². The minimum Gasteiger partial charge on any atom is -0.507 e. The number of aromatic nitrogens is 2. The molecule has 0 radical (unpaired) electrons. The Bertz CT molecular complexity index is 917. The molecule has 7 heteroatoms. The van der Waals surface area contributed by atoms with Gasteiger partial charge < -0.3 is 16.2 Å².